The van der Waals surface area contributed by atoms with E-state index < -0.39 is 0 Å². The summed E-state index contributed by atoms with van der Waals surface area (Å²) in [5.74, 6) is -0.311. The summed E-state index contributed by atoms with van der Waals surface area (Å²) in [7, 11) is 1.87. The average molecular weight is 411 g/mol. The first kappa shape index (κ1) is 18.4. The summed E-state index contributed by atoms with van der Waals surface area (Å²) < 4.78 is 5.84. The number of benzene rings is 3. The number of ketones is 1. The molecule has 0 aliphatic rings. The number of nitrogens with one attached hydrogen (secondary N) is 1. The highest BCUT2D eigenvalue weighted by atomic mass is 35.5. The van der Waals surface area contributed by atoms with Gasteiger partial charge in [-0.25, -0.2) is 0 Å². The van der Waals surface area contributed by atoms with Gasteiger partial charge in [0.05, 0.1) is 10.7 Å². The van der Waals surface area contributed by atoms with Crippen molar-refractivity contribution in [1.29, 1.82) is 0 Å². The van der Waals surface area contributed by atoms with Crippen LogP contribution in [0.4, 0.5) is 11.4 Å². The van der Waals surface area contributed by atoms with Gasteiger partial charge in [-0.15, -0.1) is 0 Å². The molecule has 0 aliphatic carbocycles. The first-order chi connectivity index (χ1) is 13.5. The minimum absolute atomic E-state index is 0.0698. The summed E-state index contributed by atoms with van der Waals surface area (Å²) in [6, 6.07) is 18.4. The summed E-state index contributed by atoms with van der Waals surface area (Å²) in [5, 5.41) is 4.51. The largest absolute Gasteiger partial charge is 0.450 e. The standard InChI is InChI=1S/C22H16Cl2N2O2/c1-26-15-4-2-3-12(9-15)13-5-7-17-19(10-13)28-22(20(17)25)21(27)16-8-6-14(23)11-18(16)24/h2-11,26H,25H2,1H3. The van der Waals surface area contributed by atoms with E-state index in [1.54, 1.807) is 12.1 Å². The van der Waals surface area contributed by atoms with Gasteiger partial charge in [0.15, 0.2) is 5.76 Å². The van der Waals surface area contributed by atoms with Gasteiger partial charge in [0, 0.05) is 28.7 Å². The van der Waals surface area contributed by atoms with E-state index in [2.05, 4.69) is 5.32 Å². The Balaban J connectivity index is 1.79. The van der Waals surface area contributed by atoms with E-state index in [0.717, 1.165) is 16.8 Å². The van der Waals surface area contributed by atoms with Gasteiger partial charge in [0.2, 0.25) is 5.78 Å². The second-order valence-electron chi connectivity index (χ2n) is 6.34. The molecule has 3 aromatic carbocycles. The Hall–Kier alpha value is -2.95. The Kier molecular flexibility index (Phi) is 4.75. The van der Waals surface area contributed by atoms with Gasteiger partial charge in [-0.05, 0) is 53.6 Å². The van der Waals surface area contributed by atoms with E-state index in [1.807, 2.05) is 49.5 Å². The van der Waals surface area contributed by atoms with Crippen LogP contribution in [0.15, 0.2) is 65.1 Å². The molecular weight excluding hydrogens is 395 g/mol. The molecule has 0 amide bonds. The molecule has 4 nitrogen and oxygen atoms in total. The van der Waals surface area contributed by atoms with Crippen LogP contribution < -0.4 is 11.1 Å². The fourth-order valence-corrected chi connectivity index (χ4v) is 3.61. The van der Waals surface area contributed by atoms with E-state index in [0.29, 0.717) is 27.2 Å². The molecule has 0 unspecified atom stereocenters. The van der Waals surface area contributed by atoms with Crippen LogP contribution in [0.5, 0.6) is 0 Å². The monoisotopic (exact) mass is 410 g/mol. The summed E-state index contributed by atoms with van der Waals surface area (Å²) in [6.45, 7) is 0. The zero-order valence-electron chi connectivity index (χ0n) is 14.9. The lowest BCUT2D eigenvalue weighted by Gasteiger charge is -2.05. The number of nitrogens with two attached hydrogens (primary N) is 1. The van der Waals surface area contributed by atoms with Gasteiger partial charge in [-0.2, -0.15) is 0 Å². The van der Waals surface area contributed by atoms with Gasteiger partial charge < -0.3 is 15.5 Å². The van der Waals surface area contributed by atoms with Crippen molar-refractivity contribution >= 4 is 51.3 Å². The van der Waals surface area contributed by atoms with Crippen molar-refractivity contribution in [3.05, 3.63) is 82.0 Å². The number of halogens is 2. The van der Waals surface area contributed by atoms with Gasteiger partial charge in [-0.1, -0.05) is 41.4 Å². The summed E-state index contributed by atoms with van der Waals surface area (Å²) in [5.41, 5.74) is 10.3. The van der Waals surface area contributed by atoms with Gasteiger partial charge in [0.25, 0.3) is 0 Å². The van der Waals surface area contributed by atoms with Crippen LogP contribution in [-0.4, -0.2) is 12.8 Å². The van der Waals surface area contributed by atoms with Crippen LogP contribution in [0.2, 0.25) is 10.0 Å². The molecule has 0 spiro atoms. The molecule has 0 bridgehead atoms. The molecule has 1 aromatic heterocycles. The molecule has 0 fully saturated rings. The fraction of sp³-hybridized carbons (Fsp3) is 0.0455. The number of hydrogen-bond acceptors (Lipinski definition) is 4. The molecule has 3 N–H and O–H groups in total. The molecule has 6 heteroatoms. The summed E-state index contributed by atoms with van der Waals surface area (Å²) in [4.78, 5) is 12.9. The number of hydrogen-bond donors (Lipinski definition) is 2. The molecule has 4 aromatic rings. The Morgan fingerprint density at radius 1 is 1.00 bits per heavy atom. The minimum Gasteiger partial charge on any atom is -0.450 e. The van der Waals surface area contributed by atoms with Crippen molar-refractivity contribution in [2.24, 2.45) is 0 Å². The SMILES string of the molecule is CNc1cccc(-c2ccc3c(N)c(C(=O)c4ccc(Cl)cc4Cl)oc3c2)c1. The van der Waals surface area contributed by atoms with Crippen molar-refractivity contribution in [2.45, 2.75) is 0 Å². The summed E-state index contributed by atoms with van der Waals surface area (Å²) in [6.07, 6.45) is 0. The minimum atomic E-state index is -0.380. The third kappa shape index (κ3) is 3.21. The zero-order valence-corrected chi connectivity index (χ0v) is 16.4. The van der Waals surface area contributed by atoms with E-state index in [4.69, 9.17) is 33.4 Å². The number of carbonyl (C=O) groups is 1. The van der Waals surface area contributed by atoms with Crippen molar-refractivity contribution in [1.82, 2.24) is 0 Å². The number of carbonyl (C=O) groups excluding carboxylic acids is 1. The molecule has 1 heterocycles. The lowest BCUT2D eigenvalue weighted by atomic mass is 10.0. The third-order valence-electron chi connectivity index (χ3n) is 4.59. The molecule has 0 radical (unpaired) electrons. The molecule has 0 saturated heterocycles. The van der Waals surface area contributed by atoms with Crippen molar-refractivity contribution < 1.29 is 9.21 Å². The molecule has 0 saturated carbocycles. The first-order valence-corrected chi connectivity index (χ1v) is 9.33. The third-order valence-corrected chi connectivity index (χ3v) is 5.14. The molecule has 28 heavy (non-hydrogen) atoms. The van der Waals surface area contributed by atoms with E-state index >= 15 is 0 Å². The van der Waals surface area contributed by atoms with Crippen molar-refractivity contribution in [2.75, 3.05) is 18.1 Å². The van der Waals surface area contributed by atoms with Crippen LogP contribution in [0.3, 0.4) is 0 Å². The maximum Gasteiger partial charge on any atom is 0.231 e. The van der Waals surface area contributed by atoms with Crippen LogP contribution in [-0.2, 0) is 0 Å². The quantitative estimate of drug-likeness (QED) is 0.389. The Morgan fingerprint density at radius 2 is 1.79 bits per heavy atom. The van der Waals surface area contributed by atoms with Crippen LogP contribution in [0, 0.1) is 0 Å². The first-order valence-electron chi connectivity index (χ1n) is 8.58. The lowest BCUT2D eigenvalue weighted by Crippen LogP contribution is -2.03. The maximum absolute atomic E-state index is 12.9. The second kappa shape index (κ2) is 7.23. The number of rotatable bonds is 4. The van der Waals surface area contributed by atoms with E-state index in [9.17, 15) is 4.79 Å². The lowest BCUT2D eigenvalue weighted by molar-refractivity contribution is 0.101. The second-order valence-corrected chi connectivity index (χ2v) is 7.18. The smallest absolute Gasteiger partial charge is 0.231 e. The normalized spacial score (nSPS) is 11.0. The van der Waals surface area contributed by atoms with Crippen molar-refractivity contribution in [3.8, 4) is 11.1 Å². The number of furan rings is 1. The highest BCUT2D eigenvalue weighted by Crippen LogP contribution is 2.35. The topological polar surface area (TPSA) is 68.3 Å². The molecule has 4 rings (SSSR count). The highest BCUT2D eigenvalue weighted by molar-refractivity contribution is 6.37. The predicted octanol–water partition coefficient (Wildman–Crippen LogP) is 6.26. The Bertz CT molecular complexity index is 1210. The maximum atomic E-state index is 12.9. The van der Waals surface area contributed by atoms with E-state index in [-0.39, 0.29) is 16.6 Å². The van der Waals surface area contributed by atoms with Crippen LogP contribution in [0.1, 0.15) is 16.1 Å². The number of fused-ring (bicyclic) bond motifs is 1. The molecular formula is C22H16Cl2N2O2. The zero-order chi connectivity index (χ0) is 19.8. The van der Waals surface area contributed by atoms with Gasteiger partial charge in [0.1, 0.15) is 5.58 Å². The number of anilines is 2. The number of nitrogen functional groups attached to an aromatic ring is 1. The fourth-order valence-electron chi connectivity index (χ4n) is 3.11. The van der Waals surface area contributed by atoms with Crippen LogP contribution >= 0.6 is 23.2 Å². The predicted molar refractivity (Wildman–Crippen MR) is 116 cm³/mol. The molecule has 0 aliphatic heterocycles. The molecule has 140 valence electrons. The Morgan fingerprint density at radius 3 is 2.54 bits per heavy atom. The van der Waals surface area contributed by atoms with E-state index in [1.165, 1.54) is 6.07 Å². The van der Waals surface area contributed by atoms with Crippen LogP contribution in [0.25, 0.3) is 22.1 Å². The molecule has 0 atom stereocenters. The Labute approximate surface area is 171 Å². The highest BCUT2D eigenvalue weighted by Gasteiger charge is 2.22. The average Bonchev–Trinajstić information content (AvgIpc) is 3.03. The van der Waals surface area contributed by atoms with Gasteiger partial charge in [-0.3, -0.25) is 4.79 Å². The van der Waals surface area contributed by atoms with Crippen molar-refractivity contribution in [3.63, 3.8) is 0 Å². The summed E-state index contributed by atoms with van der Waals surface area (Å²) >= 11 is 12.1. The van der Waals surface area contributed by atoms with Gasteiger partial charge >= 0.3 is 0 Å².